The number of rotatable bonds is 5. The first-order chi connectivity index (χ1) is 15.8. The highest BCUT2D eigenvalue weighted by Gasteiger charge is 2.22. The molecule has 0 fully saturated rings. The van der Waals surface area contributed by atoms with E-state index in [1.807, 2.05) is 92.3 Å². The van der Waals surface area contributed by atoms with Crippen molar-refractivity contribution in [2.24, 2.45) is 0 Å². The molecule has 166 valence electrons. The molecule has 0 aliphatic heterocycles. The third kappa shape index (κ3) is 5.39. The van der Waals surface area contributed by atoms with Gasteiger partial charge < -0.3 is 14.6 Å². The molecule has 0 bridgehead atoms. The van der Waals surface area contributed by atoms with Gasteiger partial charge in [0.25, 0.3) is 5.91 Å². The molecule has 0 atom stereocenters. The van der Waals surface area contributed by atoms with Crippen LogP contribution in [0.25, 0.3) is 16.8 Å². The Morgan fingerprint density at radius 3 is 2.06 bits per heavy atom. The average molecular weight is 439 g/mol. The summed E-state index contributed by atoms with van der Waals surface area (Å²) in [5, 5.41) is 2.89. The Hall–Kier alpha value is -4.12. The summed E-state index contributed by atoms with van der Waals surface area (Å²) in [4.78, 5) is 25.7. The molecule has 1 heterocycles. The van der Waals surface area contributed by atoms with E-state index in [2.05, 4.69) is 5.32 Å². The van der Waals surface area contributed by atoms with Gasteiger partial charge in [0.15, 0.2) is 0 Å². The largest absolute Gasteiger partial charge is 0.456 e. The highest BCUT2D eigenvalue weighted by atomic mass is 16.6. The van der Waals surface area contributed by atoms with E-state index >= 15 is 0 Å². The van der Waals surface area contributed by atoms with Crippen molar-refractivity contribution in [1.29, 1.82) is 0 Å². The van der Waals surface area contributed by atoms with Crippen molar-refractivity contribution in [3.63, 3.8) is 0 Å². The molecular weight excluding hydrogens is 412 g/mol. The number of hydrogen-bond donors (Lipinski definition) is 1. The fourth-order valence-electron chi connectivity index (χ4n) is 3.45. The summed E-state index contributed by atoms with van der Waals surface area (Å²) in [6, 6.07) is 26.3. The summed E-state index contributed by atoms with van der Waals surface area (Å²) in [6.07, 6.45) is 3.98. The van der Waals surface area contributed by atoms with Gasteiger partial charge in [-0.3, -0.25) is 4.79 Å². The molecule has 33 heavy (non-hydrogen) atoms. The molecule has 0 radical (unpaired) electrons. The van der Waals surface area contributed by atoms with Crippen LogP contribution in [0.3, 0.4) is 0 Å². The smallest absolute Gasteiger partial charge is 0.340 e. The van der Waals surface area contributed by atoms with E-state index in [0.29, 0.717) is 16.8 Å². The Labute approximate surface area is 193 Å². The summed E-state index contributed by atoms with van der Waals surface area (Å²) >= 11 is 0. The standard InChI is InChI=1S/C28H26N2O3/c1-28(2,3)33-27(32)24-16-13-22(19-25(24)29-26(31)21-9-5-4-6-10-21)20-11-14-23(15-12-20)30-17-7-8-18-30/h4-19H,1-3H3,(H,29,31). The number of carbonyl (C=O) groups excluding carboxylic acids is 2. The maximum atomic E-state index is 12.8. The predicted molar refractivity (Wildman–Crippen MR) is 131 cm³/mol. The molecule has 0 unspecified atom stereocenters. The number of esters is 1. The topological polar surface area (TPSA) is 60.3 Å². The number of ether oxygens (including phenoxy) is 1. The molecule has 5 nitrogen and oxygen atoms in total. The minimum Gasteiger partial charge on any atom is -0.456 e. The lowest BCUT2D eigenvalue weighted by Gasteiger charge is -2.21. The molecule has 0 saturated carbocycles. The Morgan fingerprint density at radius 2 is 1.42 bits per heavy atom. The number of nitrogens with zero attached hydrogens (tertiary/aromatic N) is 1. The minimum absolute atomic E-state index is 0.291. The van der Waals surface area contributed by atoms with Crippen LogP contribution in [-0.4, -0.2) is 22.0 Å². The first kappa shape index (κ1) is 22.1. The first-order valence-electron chi connectivity index (χ1n) is 10.8. The number of aromatic nitrogens is 1. The zero-order valence-corrected chi connectivity index (χ0v) is 18.9. The third-order valence-electron chi connectivity index (χ3n) is 5.03. The second-order valence-electron chi connectivity index (χ2n) is 8.72. The maximum absolute atomic E-state index is 12.8. The van der Waals surface area contributed by atoms with Crippen molar-refractivity contribution in [2.45, 2.75) is 26.4 Å². The summed E-state index contributed by atoms with van der Waals surface area (Å²) in [6.45, 7) is 5.44. The number of anilines is 1. The lowest BCUT2D eigenvalue weighted by Crippen LogP contribution is -2.25. The summed E-state index contributed by atoms with van der Waals surface area (Å²) in [5.74, 6) is -0.777. The Bertz CT molecular complexity index is 1250. The van der Waals surface area contributed by atoms with E-state index in [1.54, 1.807) is 30.3 Å². The van der Waals surface area contributed by atoms with Gasteiger partial charge in [-0.1, -0.05) is 36.4 Å². The van der Waals surface area contributed by atoms with Gasteiger partial charge in [-0.2, -0.15) is 0 Å². The Morgan fingerprint density at radius 1 is 0.788 bits per heavy atom. The molecular formula is C28H26N2O3. The van der Waals surface area contributed by atoms with E-state index < -0.39 is 11.6 Å². The van der Waals surface area contributed by atoms with Gasteiger partial charge in [0, 0.05) is 23.6 Å². The molecule has 0 aliphatic carbocycles. The molecule has 1 aromatic heterocycles. The van der Waals surface area contributed by atoms with E-state index in [9.17, 15) is 9.59 Å². The highest BCUT2D eigenvalue weighted by molar-refractivity contribution is 6.08. The predicted octanol–water partition coefficient (Wildman–Crippen LogP) is 6.35. The summed E-state index contributed by atoms with van der Waals surface area (Å²) in [5.41, 5.74) is 3.47. The van der Waals surface area contributed by atoms with Gasteiger partial charge in [-0.25, -0.2) is 4.79 Å². The fraction of sp³-hybridized carbons (Fsp3) is 0.143. The second-order valence-corrected chi connectivity index (χ2v) is 8.72. The SMILES string of the molecule is CC(C)(C)OC(=O)c1ccc(-c2ccc(-n3cccc3)cc2)cc1NC(=O)c1ccccc1. The molecule has 4 aromatic rings. The highest BCUT2D eigenvalue weighted by Crippen LogP contribution is 2.28. The minimum atomic E-state index is -0.648. The zero-order valence-electron chi connectivity index (χ0n) is 18.9. The zero-order chi connectivity index (χ0) is 23.4. The molecule has 1 amide bonds. The Balaban J connectivity index is 1.68. The van der Waals surface area contributed by atoms with Gasteiger partial charge in [0.1, 0.15) is 5.60 Å². The van der Waals surface area contributed by atoms with Crippen LogP contribution in [0.2, 0.25) is 0 Å². The van der Waals surface area contributed by atoms with Gasteiger partial charge in [-0.15, -0.1) is 0 Å². The third-order valence-corrected chi connectivity index (χ3v) is 5.03. The van der Waals surface area contributed by atoms with Crippen LogP contribution >= 0.6 is 0 Å². The van der Waals surface area contributed by atoms with Crippen molar-refractivity contribution >= 4 is 17.6 Å². The van der Waals surface area contributed by atoms with E-state index in [0.717, 1.165) is 16.8 Å². The molecule has 0 saturated heterocycles. The summed E-state index contributed by atoms with van der Waals surface area (Å²) < 4.78 is 7.59. The van der Waals surface area contributed by atoms with Crippen molar-refractivity contribution in [3.05, 3.63) is 108 Å². The lowest BCUT2D eigenvalue weighted by molar-refractivity contribution is 0.00708. The monoisotopic (exact) mass is 438 g/mol. The van der Waals surface area contributed by atoms with E-state index in [1.165, 1.54) is 0 Å². The fourth-order valence-corrected chi connectivity index (χ4v) is 3.45. The van der Waals surface area contributed by atoms with Gasteiger partial charge in [-0.05, 0) is 80.4 Å². The van der Waals surface area contributed by atoms with Gasteiger partial charge >= 0.3 is 5.97 Å². The van der Waals surface area contributed by atoms with Crippen LogP contribution in [0.5, 0.6) is 0 Å². The van der Waals surface area contributed by atoms with Crippen LogP contribution in [0.15, 0.2) is 97.3 Å². The first-order valence-corrected chi connectivity index (χ1v) is 10.8. The number of benzene rings is 3. The number of carbonyl (C=O) groups is 2. The Kier molecular flexibility index (Phi) is 6.13. The van der Waals surface area contributed by atoms with Crippen LogP contribution in [0.4, 0.5) is 5.69 Å². The molecule has 3 aromatic carbocycles. The van der Waals surface area contributed by atoms with Crippen molar-refractivity contribution in [2.75, 3.05) is 5.32 Å². The average Bonchev–Trinajstić information content (AvgIpc) is 3.33. The molecule has 4 rings (SSSR count). The van der Waals surface area contributed by atoms with Crippen molar-refractivity contribution in [3.8, 4) is 16.8 Å². The van der Waals surface area contributed by atoms with Gasteiger partial charge in [0.05, 0.1) is 11.3 Å². The van der Waals surface area contributed by atoms with E-state index in [-0.39, 0.29) is 5.91 Å². The molecule has 0 spiro atoms. The number of hydrogen-bond acceptors (Lipinski definition) is 3. The van der Waals surface area contributed by atoms with Crippen LogP contribution in [0, 0.1) is 0 Å². The van der Waals surface area contributed by atoms with Crippen LogP contribution < -0.4 is 5.32 Å². The molecule has 5 heteroatoms. The lowest BCUT2D eigenvalue weighted by atomic mass is 10.0. The number of nitrogens with one attached hydrogen (secondary N) is 1. The van der Waals surface area contributed by atoms with Crippen molar-refractivity contribution < 1.29 is 14.3 Å². The normalized spacial score (nSPS) is 11.1. The van der Waals surface area contributed by atoms with Gasteiger partial charge in [0.2, 0.25) is 0 Å². The second kappa shape index (κ2) is 9.17. The molecule has 0 aliphatic rings. The quantitative estimate of drug-likeness (QED) is 0.369. The number of amides is 1. The van der Waals surface area contributed by atoms with Crippen molar-refractivity contribution in [1.82, 2.24) is 4.57 Å². The van der Waals surface area contributed by atoms with E-state index in [4.69, 9.17) is 4.74 Å². The van der Waals surface area contributed by atoms with Crippen LogP contribution in [-0.2, 0) is 4.74 Å². The summed E-state index contributed by atoms with van der Waals surface area (Å²) in [7, 11) is 0. The molecule has 1 N–H and O–H groups in total. The maximum Gasteiger partial charge on any atom is 0.340 e. The van der Waals surface area contributed by atoms with Crippen LogP contribution in [0.1, 0.15) is 41.5 Å².